The third-order valence-corrected chi connectivity index (χ3v) is 5.48. The van der Waals surface area contributed by atoms with Crippen LogP contribution in [-0.2, 0) is 12.3 Å². The van der Waals surface area contributed by atoms with E-state index in [0.717, 1.165) is 33.5 Å². The van der Waals surface area contributed by atoms with Crippen molar-refractivity contribution in [2.75, 3.05) is 0 Å². The minimum Gasteiger partial charge on any atom is -0.313 e. The number of hydrogen-bond donors (Lipinski definition) is 0. The molecule has 0 aliphatic rings. The van der Waals surface area contributed by atoms with Crippen LogP contribution in [0.4, 0.5) is 0 Å². The van der Waals surface area contributed by atoms with Crippen LogP contribution in [0, 0.1) is 6.92 Å². The lowest BCUT2D eigenvalue weighted by molar-refractivity contribution is 0.729. The first-order valence-corrected chi connectivity index (χ1v) is 9.78. The molecular weight excluding hydrogens is 362 g/mol. The van der Waals surface area contributed by atoms with Crippen molar-refractivity contribution in [3.63, 3.8) is 0 Å². The predicted molar refractivity (Wildman–Crippen MR) is 109 cm³/mol. The van der Waals surface area contributed by atoms with Gasteiger partial charge in [-0.15, -0.1) is 0 Å². The van der Waals surface area contributed by atoms with Crippen LogP contribution in [0.2, 0.25) is 5.02 Å². The molecule has 0 aliphatic heterocycles. The molecule has 2 aromatic carbocycles. The van der Waals surface area contributed by atoms with Gasteiger partial charge in [-0.1, -0.05) is 65.3 Å². The molecule has 5 heteroatoms. The van der Waals surface area contributed by atoms with Crippen molar-refractivity contribution in [2.24, 2.45) is 0 Å². The van der Waals surface area contributed by atoms with Gasteiger partial charge in [-0.05, 0) is 36.2 Å². The van der Waals surface area contributed by atoms with Crippen molar-refractivity contribution in [3.05, 3.63) is 88.7 Å². The Hall–Kier alpha value is -2.30. The van der Waals surface area contributed by atoms with Gasteiger partial charge in [0.25, 0.3) is 0 Å². The molecule has 0 amide bonds. The van der Waals surface area contributed by atoms with E-state index >= 15 is 0 Å². The van der Waals surface area contributed by atoms with Gasteiger partial charge in [-0.3, -0.25) is 4.98 Å². The number of halogens is 1. The molecule has 0 spiro atoms. The summed E-state index contributed by atoms with van der Waals surface area (Å²) in [5, 5.41) is 1.76. The lowest BCUT2D eigenvalue weighted by Gasteiger charge is -2.10. The van der Waals surface area contributed by atoms with Crippen molar-refractivity contribution in [1.29, 1.82) is 0 Å². The molecule has 0 unspecified atom stereocenters. The maximum atomic E-state index is 6.11. The van der Waals surface area contributed by atoms with E-state index in [-0.39, 0.29) is 0 Å². The largest absolute Gasteiger partial charge is 0.313 e. The minimum atomic E-state index is 0.764. The number of fused-ring (bicyclic) bond motifs is 1. The maximum absolute atomic E-state index is 6.11. The maximum Gasteiger partial charge on any atom is 0.169 e. The summed E-state index contributed by atoms with van der Waals surface area (Å²) in [5.41, 5.74) is 5.74. The summed E-state index contributed by atoms with van der Waals surface area (Å²) < 4.78 is 2.24. The zero-order valence-electron chi connectivity index (χ0n) is 14.4. The second kappa shape index (κ2) is 7.52. The average Bonchev–Trinajstić information content (AvgIpc) is 2.98. The monoisotopic (exact) mass is 379 g/mol. The number of hydrogen-bond acceptors (Lipinski definition) is 3. The Balaban J connectivity index is 1.67. The van der Waals surface area contributed by atoms with Crippen molar-refractivity contribution in [3.8, 4) is 0 Å². The van der Waals surface area contributed by atoms with Gasteiger partial charge in [-0.25, -0.2) is 4.98 Å². The van der Waals surface area contributed by atoms with Gasteiger partial charge in [0.2, 0.25) is 0 Å². The van der Waals surface area contributed by atoms with Gasteiger partial charge >= 0.3 is 0 Å². The number of pyridine rings is 1. The molecule has 26 heavy (non-hydrogen) atoms. The van der Waals surface area contributed by atoms with Gasteiger partial charge in [0, 0.05) is 17.0 Å². The first-order chi connectivity index (χ1) is 12.7. The van der Waals surface area contributed by atoms with Crippen LogP contribution in [0.15, 0.2) is 72.1 Å². The second-order valence-corrected chi connectivity index (χ2v) is 7.63. The molecule has 0 atom stereocenters. The molecule has 2 aromatic heterocycles. The summed E-state index contributed by atoms with van der Waals surface area (Å²) in [6.07, 6.45) is 3.68. The third kappa shape index (κ3) is 3.76. The molecule has 0 saturated carbocycles. The Morgan fingerprint density at radius 3 is 2.73 bits per heavy atom. The van der Waals surface area contributed by atoms with E-state index in [1.807, 2.05) is 30.5 Å². The molecule has 4 aromatic rings. The first-order valence-electron chi connectivity index (χ1n) is 8.42. The molecule has 0 saturated heterocycles. The number of aromatic nitrogens is 3. The van der Waals surface area contributed by atoms with Crippen LogP contribution in [0.25, 0.3) is 11.0 Å². The fraction of sp³-hybridized carbons (Fsp3) is 0.143. The predicted octanol–water partition coefficient (Wildman–Crippen LogP) is 5.73. The zero-order valence-corrected chi connectivity index (χ0v) is 16.0. The number of aryl methyl sites for hydroxylation is 1. The summed E-state index contributed by atoms with van der Waals surface area (Å²) in [5.74, 6) is 0.825. The molecule has 0 aliphatic carbocycles. The fourth-order valence-corrected chi connectivity index (χ4v) is 4.15. The van der Waals surface area contributed by atoms with Gasteiger partial charge < -0.3 is 4.57 Å². The lowest BCUT2D eigenvalue weighted by atomic mass is 10.1. The highest BCUT2D eigenvalue weighted by Crippen LogP contribution is 2.28. The molecule has 130 valence electrons. The van der Waals surface area contributed by atoms with Crippen LogP contribution in [0.5, 0.6) is 0 Å². The van der Waals surface area contributed by atoms with Crippen LogP contribution >= 0.6 is 23.4 Å². The van der Waals surface area contributed by atoms with Gasteiger partial charge in [0.1, 0.15) is 0 Å². The van der Waals surface area contributed by atoms with Crippen molar-refractivity contribution >= 4 is 34.4 Å². The standard InChI is InChI=1S/C21H18ClN3S/c1-15-4-2-5-16(10-15)13-25-20-12-23-9-8-19(20)24-21(25)26-14-17-6-3-7-18(22)11-17/h2-12H,13-14H2,1H3. The Morgan fingerprint density at radius 1 is 1.04 bits per heavy atom. The summed E-state index contributed by atoms with van der Waals surface area (Å²) in [4.78, 5) is 9.11. The first kappa shape index (κ1) is 17.1. The van der Waals surface area contributed by atoms with E-state index in [0.29, 0.717) is 0 Å². The topological polar surface area (TPSA) is 30.7 Å². The Kier molecular flexibility index (Phi) is 4.96. The van der Waals surface area contributed by atoms with Crippen LogP contribution in [-0.4, -0.2) is 14.5 Å². The van der Waals surface area contributed by atoms with Gasteiger partial charge in [0.15, 0.2) is 5.16 Å². The van der Waals surface area contributed by atoms with Crippen LogP contribution < -0.4 is 0 Å². The third-order valence-electron chi connectivity index (χ3n) is 4.20. The summed E-state index contributed by atoms with van der Waals surface area (Å²) >= 11 is 7.83. The van der Waals surface area contributed by atoms with E-state index < -0.39 is 0 Å². The molecule has 0 N–H and O–H groups in total. The molecule has 0 fully saturated rings. The highest BCUT2D eigenvalue weighted by atomic mass is 35.5. The van der Waals surface area contributed by atoms with E-state index in [2.05, 4.69) is 46.8 Å². The number of benzene rings is 2. The molecule has 0 bridgehead atoms. The van der Waals surface area contributed by atoms with Crippen molar-refractivity contribution < 1.29 is 0 Å². The average molecular weight is 380 g/mol. The van der Waals surface area contributed by atoms with Gasteiger partial charge in [0.05, 0.1) is 23.8 Å². The minimum absolute atomic E-state index is 0.764. The summed E-state index contributed by atoms with van der Waals surface area (Å²) in [6.45, 7) is 2.90. The number of thioether (sulfide) groups is 1. The Labute approximate surface area is 162 Å². The summed E-state index contributed by atoms with van der Waals surface area (Å²) in [6, 6.07) is 18.5. The Bertz CT molecular complexity index is 1060. The Morgan fingerprint density at radius 2 is 1.88 bits per heavy atom. The lowest BCUT2D eigenvalue weighted by Crippen LogP contribution is -2.02. The van der Waals surface area contributed by atoms with E-state index in [1.165, 1.54) is 16.7 Å². The zero-order chi connectivity index (χ0) is 17.9. The molecule has 3 nitrogen and oxygen atoms in total. The highest BCUT2D eigenvalue weighted by Gasteiger charge is 2.12. The second-order valence-electron chi connectivity index (χ2n) is 6.25. The normalized spacial score (nSPS) is 11.2. The van der Waals surface area contributed by atoms with Crippen molar-refractivity contribution in [1.82, 2.24) is 14.5 Å². The molecule has 4 rings (SSSR count). The molecular formula is C21H18ClN3S. The van der Waals surface area contributed by atoms with E-state index in [4.69, 9.17) is 16.6 Å². The highest BCUT2D eigenvalue weighted by molar-refractivity contribution is 7.98. The molecule has 2 heterocycles. The van der Waals surface area contributed by atoms with E-state index in [9.17, 15) is 0 Å². The molecule has 0 radical (unpaired) electrons. The van der Waals surface area contributed by atoms with Crippen molar-refractivity contribution in [2.45, 2.75) is 24.4 Å². The number of imidazole rings is 1. The SMILES string of the molecule is Cc1cccc(Cn2c(SCc3cccc(Cl)c3)nc3ccncc32)c1. The smallest absolute Gasteiger partial charge is 0.169 e. The van der Waals surface area contributed by atoms with Crippen LogP contribution in [0.3, 0.4) is 0 Å². The quantitative estimate of drug-likeness (QED) is 0.414. The summed E-state index contributed by atoms with van der Waals surface area (Å²) in [7, 11) is 0. The van der Waals surface area contributed by atoms with Gasteiger partial charge in [-0.2, -0.15) is 0 Å². The fourth-order valence-electron chi connectivity index (χ4n) is 2.98. The van der Waals surface area contributed by atoms with E-state index in [1.54, 1.807) is 18.0 Å². The van der Waals surface area contributed by atoms with Crippen LogP contribution in [0.1, 0.15) is 16.7 Å². The number of rotatable bonds is 5. The number of nitrogens with zero attached hydrogens (tertiary/aromatic N) is 3.